The van der Waals surface area contributed by atoms with Crippen molar-refractivity contribution >= 4 is 21.6 Å². The smallest absolute Gasteiger partial charge is 0.232 e. The predicted molar refractivity (Wildman–Crippen MR) is 93.8 cm³/mol. The first-order valence-corrected chi connectivity index (χ1v) is 9.26. The van der Waals surface area contributed by atoms with Gasteiger partial charge in [0.15, 0.2) is 0 Å². The molecule has 2 aromatic carbocycles. The first-order chi connectivity index (χ1) is 11.4. The average Bonchev–Trinajstić information content (AvgIpc) is 2.52. The van der Waals surface area contributed by atoms with Crippen molar-refractivity contribution in [2.24, 2.45) is 0 Å². The van der Waals surface area contributed by atoms with E-state index < -0.39 is 10.0 Å². The summed E-state index contributed by atoms with van der Waals surface area (Å²) in [5.74, 6) is 1.12. The highest BCUT2D eigenvalue weighted by atomic mass is 32.2. The number of benzene rings is 2. The van der Waals surface area contributed by atoms with Crippen molar-refractivity contribution in [3.63, 3.8) is 0 Å². The minimum Gasteiger partial charge on any atom is -0.457 e. The molecule has 2 rings (SSSR count). The Morgan fingerprint density at radius 3 is 2.17 bits per heavy atom. The van der Waals surface area contributed by atoms with Crippen LogP contribution in [0.5, 0.6) is 11.5 Å². The van der Waals surface area contributed by atoms with Crippen LogP contribution in [0, 0.1) is 0 Å². The monoisotopic (exact) mass is 348 g/mol. The maximum atomic E-state index is 12.0. The largest absolute Gasteiger partial charge is 0.457 e. The van der Waals surface area contributed by atoms with E-state index in [0.29, 0.717) is 17.2 Å². The Bertz CT molecular complexity index is 774. The van der Waals surface area contributed by atoms with E-state index in [0.717, 1.165) is 6.26 Å². The molecule has 0 saturated carbocycles. The second kappa shape index (κ2) is 7.83. The Balaban J connectivity index is 2.11. The van der Waals surface area contributed by atoms with Crippen molar-refractivity contribution in [3.05, 3.63) is 54.6 Å². The second-order valence-corrected chi connectivity index (χ2v) is 7.13. The van der Waals surface area contributed by atoms with Gasteiger partial charge in [0.25, 0.3) is 0 Å². The van der Waals surface area contributed by atoms with Crippen LogP contribution in [0.25, 0.3) is 0 Å². The zero-order chi connectivity index (χ0) is 17.6. The molecule has 0 saturated heterocycles. The molecule has 0 atom stereocenters. The zero-order valence-corrected chi connectivity index (χ0v) is 14.4. The lowest BCUT2D eigenvalue weighted by atomic mass is 10.3. The number of hydrogen-bond acceptors (Lipinski definition) is 4. The van der Waals surface area contributed by atoms with Gasteiger partial charge in [-0.15, -0.1) is 0 Å². The highest BCUT2D eigenvalue weighted by Gasteiger charge is 2.17. The molecule has 0 aliphatic heterocycles. The van der Waals surface area contributed by atoms with Crippen LogP contribution in [0.3, 0.4) is 0 Å². The Morgan fingerprint density at radius 2 is 1.62 bits per heavy atom. The van der Waals surface area contributed by atoms with Crippen LogP contribution in [-0.2, 0) is 14.8 Å². The minimum absolute atomic E-state index is 0.164. The van der Waals surface area contributed by atoms with E-state index in [1.807, 2.05) is 30.3 Å². The number of sulfonamides is 1. The van der Waals surface area contributed by atoms with Gasteiger partial charge in [-0.3, -0.25) is 9.10 Å². The molecule has 2 aromatic rings. The summed E-state index contributed by atoms with van der Waals surface area (Å²) >= 11 is 0. The molecule has 1 amide bonds. The maximum absolute atomic E-state index is 12.0. The van der Waals surface area contributed by atoms with Crippen LogP contribution < -0.4 is 14.4 Å². The average molecular weight is 348 g/mol. The van der Waals surface area contributed by atoms with E-state index in [2.05, 4.69) is 5.32 Å². The van der Waals surface area contributed by atoms with Crippen LogP contribution in [0.2, 0.25) is 0 Å². The lowest BCUT2D eigenvalue weighted by Crippen LogP contribution is -2.37. The molecule has 0 bridgehead atoms. The molecule has 0 fully saturated rings. The van der Waals surface area contributed by atoms with Crippen molar-refractivity contribution < 1.29 is 17.9 Å². The second-order valence-electron chi connectivity index (χ2n) is 5.23. The van der Waals surface area contributed by atoms with Crippen molar-refractivity contribution in [3.8, 4) is 11.5 Å². The van der Waals surface area contributed by atoms with Crippen LogP contribution in [0.15, 0.2) is 54.6 Å². The standard InChI is InChI=1S/C17H20N2O4S/c1-14(20)18-12-13-19(24(2,21)22)15-8-10-17(11-9-15)23-16-6-4-3-5-7-16/h3-11H,12-13H2,1-2H3,(H,18,20). The summed E-state index contributed by atoms with van der Waals surface area (Å²) in [5, 5.41) is 2.59. The molecule has 6 nitrogen and oxygen atoms in total. The molecule has 128 valence electrons. The molecule has 0 unspecified atom stereocenters. The number of hydrogen-bond donors (Lipinski definition) is 1. The summed E-state index contributed by atoms with van der Waals surface area (Å²) in [6.07, 6.45) is 1.13. The molecule has 0 aromatic heterocycles. The van der Waals surface area contributed by atoms with Crippen LogP contribution in [0.1, 0.15) is 6.92 Å². The third-order valence-electron chi connectivity index (χ3n) is 3.19. The third kappa shape index (κ3) is 5.27. The van der Waals surface area contributed by atoms with Gasteiger partial charge in [0.05, 0.1) is 18.5 Å². The van der Waals surface area contributed by atoms with E-state index >= 15 is 0 Å². The van der Waals surface area contributed by atoms with E-state index in [1.54, 1.807) is 24.3 Å². The third-order valence-corrected chi connectivity index (χ3v) is 4.39. The molecular formula is C17H20N2O4S. The number of amides is 1. The minimum atomic E-state index is -3.45. The molecule has 0 aliphatic carbocycles. The first kappa shape index (κ1) is 17.8. The Morgan fingerprint density at radius 1 is 1.04 bits per heavy atom. The van der Waals surface area contributed by atoms with E-state index in [1.165, 1.54) is 11.2 Å². The lowest BCUT2D eigenvalue weighted by Gasteiger charge is -2.22. The normalized spacial score (nSPS) is 10.9. The fourth-order valence-electron chi connectivity index (χ4n) is 2.12. The molecule has 0 aliphatic rings. The number of carbonyl (C=O) groups is 1. The number of nitrogens with one attached hydrogen (secondary N) is 1. The molecule has 0 spiro atoms. The van der Waals surface area contributed by atoms with Crippen LogP contribution >= 0.6 is 0 Å². The van der Waals surface area contributed by atoms with Crippen molar-refractivity contribution in [1.82, 2.24) is 5.32 Å². The number of para-hydroxylation sites is 1. The number of rotatable bonds is 7. The summed E-state index contributed by atoms with van der Waals surface area (Å²) in [7, 11) is -3.45. The summed E-state index contributed by atoms with van der Waals surface area (Å²) in [4.78, 5) is 10.9. The molecule has 24 heavy (non-hydrogen) atoms. The van der Waals surface area contributed by atoms with Gasteiger partial charge in [0.2, 0.25) is 15.9 Å². The molecule has 1 N–H and O–H groups in total. The fourth-order valence-corrected chi connectivity index (χ4v) is 3.05. The van der Waals surface area contributed by atoms with E-state index in [9.17, 15) is 13.2 Å². The van der Waals surface area contributed by atoms with Gasteiger partial charge in [0.1, 0.15) is 11.5 Å². The molecular weight excluding hydrogens is 328 g/mol. The summed E-state index contributed by atoms with van der Waals surface area (Å²) in [5.41, 5.74) is 0.517. The van der Waals surface area contributed by atoms with Gasteiger partial charge < -0.3 is 10.1 Å². The molecule has 0 radical (unpaired) electrons. The summed E-state index contributed by atoms with van der Waals surface area (Å²) < 4.78 is 30.9. The Labute approximate surface area is 142 Å². The Kier molecular flexibility index (Phi) is 5.81. The van der Waals surface area contributed by atoms with Crippen molar-refractivity contribution in [2.75, 3.05) is 23.7 Å². The van der Waals surface area contributed by atoms with Crippen molar-refractivity contribution in [2.45, 2.75) is 6.92 Å². The number of nitrogens with zero attached hydrogens (tertiary/aromatic N) is 1. The van der Waals surface area contributed by atoms with Gasteiger partial charge in [0, 0.05) is 13.5 Å². The lowest BCUT2D eigenvalue weighted by molar-refractivity contribution is -0.118. The molecule has 0 heterocycles. The van der Waals surface area contributed by atoms with Gasteiger partial charge in [-0.25, -0.2) is 8.42 Å². The fraction of sp³-hybridized carbons (Fsp3) is 0.235. The summed E-state index contributed by atoms with van der Waals surface area (Å²) in [6.45, 7) is 1.79. The summed E-state index contributed by atoms with van der Waals surface area (Å²) in [6, 6.07) is 16.1. The van der Waals surface area contributed by atoms with Gasteiger partial charge >= 0.3 is 0 Å². The SMILES string of the molecule is CC(=O)NCCN(c1ccc(Oc2ccccc2)cc1)S(C)(=O)=O. The predicted octanol–water partition coefficient (Wildman–Crippen LogP) is 2.38. The first-order valence-electron chi connectivity index (χ1n) is 7.41. The topological polar surface area (TPSA) is 75.7 Å². The van der Waals surface area contributed by atoms with Crippen LogP contribution in [-0.4, -0.2) is 33.7 Å². The highest BCUT2D eigenvalue weighted by molar-refractivity contribution is 7.92. The zero-order valence-electron chi connectivity index (χ0n) is 13.6. The van der Waals surface area contributed by atoms with E-state index in [4.69, 9.17) is 4.74 Å². The maximum Gasteiger partial charge on any atom is 0.232 e. The number of ether oxygens (including phenoxy) is 1. The highest BCUT2D eigenvalue weighted by Crippen LogP contribution is 2.25. The quantitative estimate of drug-likeness (QED) is 0.833. The van der Waals surface area contributed by atoms with Gasteiger partial charge in [-0.05, 0) is 36.4 Å². The number of anilines is 1. The van der Waals surface area contributed by atoms with E-state index in [-0.39, 0.29) is 19.0 Å². The van der Waals surface area contributed by atoms with Gasteiger partial charge in [-0.2, -0.15) is 0 Å². The number of carbonyl (C=O) groups excluding carboxylic acids is 1. The van der Waals surface area contributed by atoms with Crippen LogP contribution in [0.4, 0.5) is 5.69 Å². The molecule has 7 heteroatoms. The van der Waals surface area contributed by atoms with Gasteiger partial charge in [-0.1, -0.05) is 18.2 Å². The Hall–Kier alpha value is -2.54. The van der Waals surface area contributed by atoms with Crippen molar-refractivity contribution in [1.29, 1.82) is 0 Å².